The smallest absolute Gasteiger partial charge is 0.307 e. The maximum atomic E-state index is 12.4. The summed E-state index contributed by atoms with van der Waals surface area (Å²) in [6.07, 6.45) is 4.94. The summed E-state index contributed by atoms with van der Waals surface area (Å²) < 4.78 is 10.7. The van der Waals surface area contributed by atoms with Crippen LogP contribution in [-0.2, 0) is 9.53 Å². The number of hydrogen-bond donors (Lipinski definition) is 2. The van der Waals surface area contributed by atoms with Gasteiger partial charge < -0.3 is 19.8 Å². The van der Waals surface area contributed by atoms with Gasteiger partial charge in [-0.3, -0.25) is 14.6 Å². The van der Waals surface area contributed by atoms with Crippen molar-refractivity contribution in [3.05, 3.63) is 84.1 Å². The summed E-state index contributed by atoms with van der Waals surface area (Å²) in [7, 11) is 0. The van der Waals surface area contributed by atoms with Gasteiger partial charge in [0.25, 0.3) is 11.8 Å². The molecular weight excluding hydrogens is 494 g/mol. The van der Waals surface area contributed by atoms with Crippen molar-refractivity contribution in [2.24, 2.45) is 0 Å². The maximum absolute atomic E-state index is 12.4. The molecule has 2 heterocycles. The van der Waals surface area contributed by atoms with Crippen molar-refractivity contribution in [3.8, 4) is 23.0 Å². The van der Waals surface area contributed by atoms with Gasteiger partial charge >= 0.3 is 5.97 Å². The van der Waals surface area contributed by atoms with Crippen LogP contribution in [0.25, 0.3) is 23.0 Å². The zero-order valence-electron chi connectivity index (χ0n) is 22.2. The minimum Gasteiger partial charge on any atom is -0.466 e. The summed E-state index contributed by atoms with van der Waals surface area (Å²) in [5.41, 5.74) is 4.05. The van der Waals surface area contributed by atoms with E-state index in [9.17, 15) is 9.59 Å². The van der Waals surface area contributed by atoms with Gasteiger partial charge in [-0.2, -0.15) is 0 Å². The monoisotopic (exact) mass is 527 g/mol. The predicted molar refractivity (Wildman–Crippen MR) is 149 cm³/mol. The van der Waals surface area contributed by atoms with Gasteiger partial charge in [0.1, 0.15) is 5.69 Å². The van der Waals surface area contributed by atoms with Crippen LogP contribution in [0.4, 0.5) is 5.69 Å². The molecule has 2 aromatic carbocycles. The summed E-state index contributed by atoms with van der Waals surface area (Å²) in [6, 6.07) is 21.1. The molecule has 1 atom stereocenters. The molecule has 0 spiro atoms. The second-order valence-corrected chi connectivity index (χ2v) is 8.98. The average Bonchev–Trinajstić information content (AvgIpc) is 3.47. The third-order valence-corrected chi connectivity index (χ3v) is 6.12. The normalized spacial score (nSPS) is 11.5. The van der Waals surface area contributed by atoms with E-state index in [1.54, 1.807) is 25.3 Å². The molecule has 2 aromatic heterocycles. The Labute approximate surface area is 228 Å². The van der Waals surface area contributed by atoms with E-state index in [4.69, 9.17) is 9.15 Å². The average molecular weight is 528 g/mol. The van der Waals surface area contributed by atoms with Crippen LogP contribution < -0.4 is 10.6 Å². The number of esters is 1. The topological polar surface area (TPSA) is 119 Å². The highest BCUT2D eigenvalue weighted by Gasteiger charge is 2.15. The first-order chi connectivity index (χ1) is 19.1. The first kappa shape index (κ1) is 27.5. The molecule has 2 N–H and O–H groups in total. The number of nitrogens with zero attached hydrogens (tertiary/aromatic N) is 3. The molecule has 9 nitrogen and oxygen atoms in total. The summed E-state index contributed by atoms with van der Waals surface area (Å²) >= 11 is 0. The quantitative estimate of drug-likeness (QED) is 0.209. The SMILES string of the molecule is CCCCC(Nc1ccc(C(=O)NCCC(=O)OCC)cc1)c1ccc(-c2nnc(-c3ccccn3)o2)cc1. The van der Waals surface area contributed by atoms with E-state index in [1.165, 1.54) is 0 Å². The number of amides is 1. The second kappa shape index (κ2) is 13.9. The van der Waals surface area contributed by atoms with Crippen molar-refractivity contribution >= 4 is 17.6 Å². The molecular formula is C30H33N5O4. The third kappa shape index (κ3) is 7.73. The lowest BCUT2D eigenvalue weighted by Crippen LogP contribution is -2.26. The van der Waals surface area contributed by atoms with Crippen LogP contribution in [0.1, 0.15) is 61.5 Å². The highest BCUT2D eigenvalue weighted by Crippen LogP contribution is 2.28. The predicted octanol–water partition coefficient (Wildman–Crippen LogP) is 5.83. The van der Waals surface area contributed by atoms with E-state index in [-0.39, 0.29) is 30.9 Å². The van der Waals surface area contributed by atoms with Gasteiger partial charge in [-0.25, -0.2) is 0 Å². The zero-order valence-corrected chi connectivity index (χ0v) is 22.2. The third-order valence-electron chi connectivity index (χ3n) is 6.12. The molecule has 0 aliphatic heterocycles. The molecule has 4 aromatic rings. The van der Waals surface area contributed by atoms with Gasteiger partial charge in [0, 0.05) is 29.6 Å². The van der Waals surface area contributed by atoms with Crippen LogP contribution in [-0.4, -0.2) is 40.2 Å². The van der Waals surface area contributed by atoms with E-state index in [2.05, 4.69) is 44.9 Å². The minimum atomic E-state index is -0.324. The number of pyridine rings is 1. The summed E-state index contributed by atoms with van der Waals surface area (Å²) in [4.78, 5) is 28.1. The number of benzene rings is 2. The van der Waals surface area contributed by atoms with Crippen LogP contribution in [0.2, 0.25) is 0 Å². The molecule has 9 heteroatoms. The molecule has 202 valence electrons. The van der Waals surface area contributed by atoms with Crippen LogP contribution in [0.5, 0.6) is 0 Å². The standard InChI is InChI=1S/C30H33N5O4/c1-3-5-8-25(33-24-16-14-22(15-17-24)28(37)32-20-18-27(36)38-4-2)21-10-12-23(13-11-21)29-34-35-30(39-29)26-9-6-7-19-31-26/h6-7,9-17,19,25,33H,3-5,8,18,20H2,1-2H3,(H,32,37). The fourth-order valence-electron chi connectivity index (χ4n) is 4.05. The number of rotatable bonds is 13. The van der Waals surface area contributed by atoms with E-state index >= 15 is 0 Å². The Balaban J connectivity index is 1.39. The Bertz CT molecular complexity index is 1340. The second-order valence-electron chi connectivity index (χ2n) is 8.98. The van der Waals surface area contributed by atoms with Crippen molar-refractivity contribution in [1.29, 1.82) is 0 Å². The number of ether oxygens (including phenoxy) is 1. The first-order valence-electron chi connectivity index (χ1n) is 13.2. The lowest BCUT2D eigenvalue weighted by Gasteiger charge is -2.21. The van der Waals surface area contributed by atoms with Crippen molar-refractivity contribution in [2.75, 3.05) is 18.5 Å². The van der Waals surface area contributed by atoms with E-state index in [0.29, 0.717) is 29.6 Å². The molecule has 0 radical (unpaired) electrons. The Kier molecular flexibility index (Phi) is 9.77. The summed E-state index contributed by atoms with van der Waals surface area (Å²) in [5, 5.41) is 14.7. The number of unbranched alkanes of at least 4 members (excludes halogenated alkanes) is 1. The van der Waals surface area contributed by atoms with E-state index < -0.39 is 0 Å². The number of hydrogen-bond acceptors (Lipinski definition) is 8. The molecule has 0 bridgehead atoms. The molecule has 1 unspecified atom stereocenters. The lowest BCUT2D eigenvalue weighted by atomic mass is 9.99. The van der Waals surface area contributed by atoms with Gasteiger partial charge in [-0.15, -0.1) is 10.2 Å². The maximum Gasteiger partial charge on any atom is 0.307 e. The molecule has 0 fully saturated rings. The van der Waals surface area contributed by atoms with E-state index in [0.717, 1.165) is 36.1 Å². The van der Waals surface area contributed by atoms with Crippen molar-refractivity contribution < 1.29 is 18.7 Å². The Morgan fingerprint density at radius 1 is 0.949 bits per heavy atom. The molecule has 1 amide bonds. The Morgan fingerprint density at radius 2 is 1.72 bits per heavy atom. The summed E-state index contributed by atoms with van der Waals surface area (Å²) in [6.45, 7) is 4.49. The molecule has 0 aliphatic rings. The molecule has 39 heavy (non-hydrogen) atoms. The highest BCUT2D eigenvalue weighted by molar-refractivity contribution is 5.94. The van der Waals surface area contributed by atoms with Gasteiger partial charge in [0.05, 0.1) is 19.1 Å². The molecule has 4 rings (SSSR count). The molecule has 0 saturated heterocycles. The van der Waals surface area contributed by atoms with Crippen molar-refractivity contribution in [3.63, 3.8) is 0 Å². The Morgan fingerprint density at radius 3 is 2.41 bits per heavy atom. The lowest BCUT2D eigenvalue weighted by molar-refractivity contribution is -0.142. The van der Waals surface area contributed by atoms with Crippen LogP contribution in [0.3, 0.4) is 0 Å². The fourth-order valence-corrected chi connectivity index (χ4v) is 4.05. The minimum absolute atomic E-state index is 0.0926. The number of anilines is 1. The summed E-state index contributed by atoms with van der Waals surface area (Å²) in [5.74, 6) is 0.274. The zero-order chi connectivity index (χ0) is 27.5. The number of carbonyl (C=O) groups excluding carboxylic acids is 2. The largest absolute Gasteiger partial charge is 0.466 e. The fraction of sp³-hybridized carbons (Fsp3) is 0.300. The van der Waals surface area contributed by atoms with Gasteiger partial charge in [-0.05, 0) is 67.4 Å². The number of aromatic nitrogens is 3. The van der Waals surface area contributed by atoms with Crippen LogP contribution in [0.15, 0.2) is 77.3 Å². The van der Waals surface area contributed by atoms with Crippen molar-refractivity contribution in [2.45, 2.75) is 45.6 Å². The first-order valence-corrected chi connectivity index (χ1v) is 13.2. The van der Waals surface area contributed by atoms with Gasteiger partial charge in [0.15, 0.2) is 0 Å². The molecule has 0 aliphatic carbocycles. The van der Waals surface area contributed by atoms with Gasteiger partial charge in [-0.1, -0.05) is 38.0 Å². The Hall–Kier alpha value is -4.53. The van der Waals surface area contributed by atoms with Crippen LogP contribution >= 0.6 is 0 Å². The number of nitrogens with one attached hydrogen (secondary N) is 2. The van der Waals surface area contributed by atoms with E-state index in [1.807, 2.05) is 42.5 Å². The van der Waals surface area contributed by atoms with Crippen molar-refractivity contribution in [1.82, 2.24) is 20.5 Å². The number of carbonyl (C=O) groups is 2. The van der Waals surface area contributed by atoms with Gasteiger partial charge in [0.2, 0.25) is 5.89 Å². The highest BCUT2D eigenvalue weighted by atomic mass is 16.5. The molecule has 0 saturated carbocycles. The van der Waals surface area contributed by atoms with Crippen LogP contribution in [0, 0.1) is 0 Å².